The van der Waals surface area contributed by atoms with E-state index >= 15 is 0 Å². The van der Waals surface area contributed by atoms with Crippen molar-refractivity contribution < 1.29 is 27.5 Å². The van der Waals surface area contributed by atoms with Crippen LogP contribution in [-0.2, 0) is 4.74 Å². The molecular weight excluding hydrogens is 381 g/mol. The maximum Gasteiger partial charge on any atom is 0.446 e. The quantitative estimate of drug-likeness (QED) is 0.705. The third kappa shape index (κ3) is 6.97. The summed E-state index contributed by atoms with van der Waals surface area (Å²) in [5.41, 5.74) is -4.03. The number of hydrogen-bond donors (Lipinski definition) is 0. The Balaban J connectivity index is 1.92. The molecule has 0 N–H and O–H groups in total. The summed E-state index contributed by atoms with van der Waals surface area (Å²) < 4.78 is 42.4. The summed E-state index contributed by atoms with van der Waals surface area (Å²) in [6.45, 7) is 5.95. The van der Waals surface area contributed by atoms with Crippen LogP contribution in [0.25, 0.3) is 0 Å². The molecule has 0 spiro atoms. The molecule has 1 aromatic rings. The lowest BCUT2D eigenvalue weighted by Crippen LogP contribution is -2.37. The highest BCUT2D eigenvalue weighted by atomic mass is 32.2. The Morgan fingerprint density at radius 1 is 1.07 bits per heavy atom. The number of hydrogen-bond acceptors (Lipinski definition) is 4. The van der Waals surface area contributed by atoms with Crippen LogP contribution in [0.3, 0.4) is 0 Å². The summed E-state index contributed by atoms with van der Waals surface area (Å²) in [7, 11) is 0. The van der Waals surface area contributed by atoms with Gasteiger partial charge in [0, 0.05) is 36.6 Å². The first kappa shape index (κ1) is 21.4. The fourth-order valence-electron chi connectivity index (χ4n) is 2.61. The van der Waals surface area contributed by atoms with E-state index in [4.69, 9.17) is 4.74 Å². The molecule has 1 aliphatic rings. The Labute approximate surface area is 160 Å². The molecule has 1 aliphatic heterocycles. The van der Waals surface area contributed by atoms with Crippen molar-refractivity contribution in [1.29, 1.82) is 0 Å². The van der Waals surface area contributed by atoms with Crippen molar-refractivity contribution >= 4 is 23.8 Å². The van der Waals surface area contributed by atoms with E-state index in [2.05, 4.69) is 0 Å². The number of nitrogens with zero attached hydrogens (tertiary/aromatic N) is 2. The molecule has 2 amide bonds. The third-order valence-corrected chi connectivity index (χ3v) is 4.66. The summed E-state index contributed by atoms with van der Waals surface area (Å²) in [5.74, 6) is -0.00607. The molecule has 1 fully saturated rings. The van der Waals surface area contributed by atoms with Crippen LogP contribution < -0.4 is 0 Å². The van der Waals surface area contributed by atoms with Gasteiger partial charge < -0.3 is 14.5 Å². The molecule has 1 saturated heterocycles. The largest absolute Gasteiger partial charge is 0.449 e. The monoisotopic (exact) mass is 404 g/mol. The molecule has 0 radical (unpaired) electrons. The topological polar surface area (TPSA) is 49.9 Å². The molecule has 1 heterocycles. The fraction of sp³-hybridized carbons (Fsp3) is 0.556. The Morgan fingerprint density at radius 2 is 1.67 bits per heavy atom. The first-order chi connectivity index (χ1) is 12.7. The Bertz CT molecular complexity index is 650. The van der Waals surface area contributed by atoms with Crippen molar-refractivity contribution in [3.63, 3.8) is 0 Å². The Kier molecular flexibility index (Phi) is 7.41. The molecule has 150 valence electrons. The fourth-order valence-corrected chi connectivity index (χ4v) is 3.15. The highest BCUT2D eigenvalue weighted by Gasteiger charge is 2.29. The molecule has 0 bridgehead atoms. The molecule has 0 saturated carbocycles. The van der Waals surface area contributed by atoms with Gasteiger partial charge in [-0.2, -0.15) is 13.2 Å². The summed E-state index contributed by atoms with van der Waals surface area (Å²) in [6.07, 6.45) is 0.233. The van der Waals surface area contributed by atoms with E-state index in [-0.39, 0.29) is 34.6 Å². The number of carbonyl (C=O) groups is 2. The lowest BCUT2D eigenvalue weighted by atomic mass is 10.2. The lowest BCUT2D eigenvalue weighted by Gasteiger charge is -2.22. The molecule has 9 heteroatoms. The molecule has 2 rings (SSSR count). The van der Waals surface area contributed by atoms with Crippen molar-refractivity contribution in [2.75, 3.05) is 32.8 Å². The summed E-state index contributed by atoms with van der Waals surface area (Å²) in [4.78, 5) is 27.9. The van der Waals surface area contributed by atoms with Gasteiger partial charge in [0.05, 0.1) is 6.61 Å². The van der Waals surface area contributed by atoms with Gasteiger partial charge in [0.1, 0.15) is 0 Å². The van der Waals surface area contributed by atoms with Crippen molar-refractivity contribution in [2.24, 2.45) is 5.92 Å². The maximum atomic E-state index is 12.6. The zero-order valence-corrected chi connectivity index (χ0v) is 16.1. The highest BCUT2D eigenvalue weighted by molar-refractivity contribution is 8.00. The van der Waals surface area contributed by atoms with E-state index in [1.54, 1.807) is 9.80 Å². The Hall–Kier alpha value is -1.90. The average molecular weight is 404 g/mol. The van der Waals surface area contributed by atoms with Crippen LogP contribution in [0.15, 0.2) is 29.2 Å². The molecule has 5 nitrogen and oxygen atoms in total. The number of thioether (sulfide) groups is 1. The average Bonchev–Trinajstić information content (AvgIpc) is 2.84. The second-order valence-electron chi connectivity index (χ2n) is 6.68. The van der Waals surface area contributed by atoms with Crippen LogP contribution in [-0.4, -0.2) is 60.1 Å². The van der Waals surface area contributed by atoms with E-state index in [1.165, 1.54) is 24.3 Å². The standard InChI is InChI=1S/C18H23F3N2O3S/c1-13(2)12-26-17(25)23-9-3-8-22(10-11-23)16(24)14-4-6-15(7-5-14)27-18(19,20)21/h4-7,13H,3,8-12H2,1-2H3. The van der Waals surface area contributed by atoms with Gasteiger partial charge in [-0.15, -0.1) is 0 Å². The Morgan fingerprint density at radius 3 is 2.26 bits per heavy atom. The second-order valence-corrected chi connectivity index (χ2v) is 7.81. The SMILES string of the molecule is CC(C)COC(=O)N1CCCN(C(=O)c2ccc(SC(F)(F)F)cc2)CC1. The number of benzene rings is 1. The minimum Gasteiger partial charge on any atom is -0.449 e. The minimum atomic E-state index is -4.36. The summed E-state index contributed by atoms with van der Waals surface area (Å²) in [5, 5.41) is 0. The number of rotatable bonds is 4. The van der Waals surface area contributed by atoms with Crippen LogP contribution in [0.2, 0.25) is 0 Å². The molecule has 0 aromatic heterocycles. The summed E-state index contributed by atoms with van der Waals surface area (Å²) in [6, 6.07) is 5.38. The zero-order chi connectivity index (χ0) is 20.0. The lowest BCUT2D eigenvalue weighted by molar-refractivity contribution is -0.0328. The van der Waals surface area contributed by atoms with Crippen LogP contribution in [0.4, 0.5) is 18.0 Å². The van der Waals surface area contributed by atoms with Crippen LogP contribution >= 0.6 is 11.8 Å². The van der Waals surface area contributed by atoms with Gasteiger partial charge in [0.2, 0.25) is 0 Å². The number of ether oxygens (including phenoxy) is 1. The highest BCUT2D eigenvalue weighted by Crippen LogP contribution is 2.36. The number of carbonyl (C=O) groups excluding carboxylic acids is 2. The first-order valence-corrected chi connectivity index (χ1v) is 9.54. The van der Waals surface area contributed by atoms with Gasteiger partial charge in [-0.1, -0.05) is 13.8 Å². The van der Waals surface area contributed by atoms with Crippen molar-refractivity contribution in [3.05, 3.63) is 29.8 Å². The number of alkyl halides is 3. The van der Waals surface area contributed by atoms with E-state index in [1.807, 2.05) is 13.8 Å². The molecule has 1 aromatic carbocycles. The van der Waals surface area contributed by atoms with Crippen LogP contribution in [0.5, 0.6) is 0 Å². The predicted molar refractivity (Wildman–Crippen MR) is 96.6 cm³/mol. The minimum absolute atomic E-state index is 0.0361. The van der Waals surface area contributed by atoms with Crippen LogP contribution in [0.1, 0.15) is 30.6 Å². The van der Waals surface area contributed by atoms with Crippen LogP contribution in [0, 0.1) is 5.92 Å². The van der Waals surface area contributed by atoms with E-state index in [9.17, 15) is 22.8 Å². The van der Waals surface area contributed by atoms with E-state index in [0.717, 1.165) is 0 Å². The van der Waals surface area contributed by atoms with Crippen molar-refractivity contribution in [3.8, 4) is 0 Å². The maximum absolute atomic E-state index is 12.6. The smallest absolute Gasteiger partial charge is 0.446 e. The van der Waals surface area contributed by atoms with E-state index in [0.29, 0.717) is 44.8 Å². The van der Waals surface area contributed by atoms with Gasteiger partial charge in [-0.25, -0.2) is 4.79 Å². The molecule has 0 unspecified atom stereocenters. The zero-order valence-electron chi connectivity index (χ0n) is 15.3. The van der Waals surface area contributed by atoms with Crippen molar-refractivity contribution in [2.45, 2.75) is 30.7 Å². The first-order valence-electron chi connectivity index (χ1n) is 8.72. The van der Waals surface area contributed by atoms with Gasteiger partial charge in [0.25, 0.3) is 5.91 Å². The van der Waals surface area contributed by atoms with Gasteiger partial charge in [0.15, 0.2) is 0 Å². The third-order valence-electron chi connectivity index (χ3n) is 3.92. The molecular formula is C18H23F3N2O3S. The number of halogens is 3. The normalized spacial score (nSPS) is 15.6. The van der Waals surface area contributed by atoms with Gasteiger partial charge >= 0.3 is 11.6 Å². The molecule has 27 heavy (non-hydrogen) atoms. The van der Waals surface area contributed by atoms with Gasteiger partial charge in [-0.3, -0.25) is 4.79 Å². The van der Waals surface area contributed by atoms with Crippen molar-refractivity contribution in [1.82, 2.24) is 9.80 Å². The predicted octanol–water partition coefficient (Wildman–Crippen LogP) is 4.24. The van der Waals surface area contributed by atoms with Gasteiger partial charge in [-0.05, 0) is 48.4 Å². The summed E-state index contributed by atoms with van der Waals surface area (Å²) >= 11 is -0.213. The second kappa shape index (κ2) is 9.34. The van der Waals surface area contributed by atoms with E-state index < -0.39 is 5.51 Å². The number of amides is 2. The molecule has 0 atom stereocenters. The molecule has 0 aliphatic carbocycles.